The number of methoxy groups -OCH3 is 1. The van der Waals surface area contributed by atoms with E-state index in [1.54, 1.807) is 7.11 Å². The molecule has 0 saturated heterocycles. The molecule has 4 heteroatoms. The molecular formula is C19H29NO3. The quantitative estimate of drug-likeness (QED) is 0.811. The normalized spacial score (nSPS) is 18.2. The molecule has 2 N–H and O–H groups in total. The van der Waals surface area contributed by atoms with Gasteiger partial charge in [0.2, 0.25) is 5.91 Å². The fourth-order valence-electron chi connectivity index (χ4n) is 3.44. The Hall–Kier alpha value is -1.55. The summed E-state index contributed by atoms with van der Waals surface area (Å²) in [5.41, 5.74) is 0.647. The SMILES string of the molecule is CCC(O)CCNC(=O)C1(c2ccc(OC)cc2)CCCCC1. The molecule has 1 aromatic carbocycles. The number of hydrogen-bond donors (Lipinski definition) is 2. The summed E-state index contributed by atoms with van der Waals surface area (Å²) in [6, 6.07) is 7.90. The molecule has 0 radical (unpaired) electrons. The first-order valence-electron chi connectivity index (χ1n) is 8.73. The molecule has 1 unspecified atom stereocenters. The Labute approximate surface area is 139 Å². The molecule has 1 aliphatic carbocycles. The standard InChI is InChI=1S/C19H29NO3/c1-3-16(21)11-14-20-18(22)19(12-5-4-6-13-19)15-7-9-17(23-2)10-8-15/h7-10,16,21H,3-6,11-14H2,1-2H3,(H,20,22). The molecule has 4 nitrogen and oxygen atoms in total. The monoisotopic (exact) mass is 319 g/mol. The van der Waals surface area contributed by atoms with Crippen LogP contribution in [0.3, 0.4) is 0 Å². The second-order valence-corrected chi connectivity index (χ2v) is 6.48. The van der Waals surface area contributed by atoms with Gasteiger partial charge < -0.3 is 15.2 Å². The van der Waals surface area contributed by atoms with Gasteiger partial charge in [0.05, 0.1) is 18.6 Å². The van der Waals surface area contributed by atoms with Crippen LogP contribution in [0.1, 0.15) is 57.4 Å². The summed E-state index contributed by atoms with van der Waals surface area (Å²) < 4.78 is 5.23. The molecule has 0 spiro atoms. The van der Waals surface area contributed by atoms with Gasteiger partial charge in [-0.25, -0.2) is 0 Å². The molecule has 128 valence electrons. The van der Waals surface area contributed by atoms with E-state index in [4.69, 9.17) is 4.74 Å². The first-order chi connectivity index (χ1) is 11.1. The summed E-state index contributed by atoms with van der Waals surface area (Å²) in [4.78, 5) is 12.9. The Balaban J connectivity index is 2.12. The van der Waals surface area contributed by atoms with Crippen molar-refractivity contribution in [2.24, 2.45) is 0 Å². The van der Waals surface area contributed by atoms with Crippen LogP contribution in [0.2, 0.25) is 0 Å². The van der Waals surface area contributed by atoms with Gasteiger partial charge in [-0.2, -0.15) is 0 Å². The summed E-state index contributed by atoms with van der Waals surface area (Å²) in [6.07, 6.45) is 6.13. The lowest BCUT2D eigenvalue weighted by Gasteiger charge is -2.36. The largest absolute Gasteiger partial charge is 0.497 e. The Kier molecular flexibility index (Phi) is 6.46. The number of rotatable bonds is 7. The summed E-state index contributed by atoms with van der Waals surface area (Å²) in [5.74, 6) is 0.914. The van der Waals surface area contributed by atoms with E-state index in [9.17, 15) is 9.90 Å². The number of ether oxygens (including phenoxy) is 1. The minimum atomic E-state index is -0.429. The summed E-state index contributed by atoms with van der Waals surface area (Å²) in [5, 5.41) is 12.7. The van der Waals surface area contributed by atoms with E-state index in [0.29, 0.717) is 13.0 Å². The smallest absolute Gasteiger partial charge is 0.230 e. The fourth-order valence-corrected chi connectivity index (χ4v) is 3.44. The molecule has 1 saturated carbocycles. The van der Waals surface area contributed by atoms with Crippen molar-refractivity contribution in [2.45, 2.75) is 63.4 Å². The van der Waals surface area contributed by atoms with Gasteiger partial charge in [0.1, 0.15) is 5.75 Å². The molecule has 1 fully saturated rings. The fraction of sp³-hybridized carbons (Fsp3) is 0.632. The predicted molar refractivity (Wildman–Crippen MR) is 91.7 cm³/mol. The average molecular weight is 319 g/mol. The van der Waals surface area contributed by atoms with E-state index in [1.807, 2.05) is 31.2 Å². The van der Waals surface area contributed by atoms with Crippen molar-refractivity contribution in [3.8, 4) is 5.75 Å². The minimum Gasteiger partial charge on any atom is -0.497 e. The van der Waals surface area contributed by atoms with E-state index >= 15 is 0 Å². The molecule has 1 aliphatic rings. The van der Waals surface area contributed by atoms with Crippen LogP contribution in [0.5, 0.6) is 5.75 Å². The summed E-state index contributed by atoms with van der Waals surface area (Å²) in [7, 11) is 1.65. The van der Waals surface area contributed by atoms with Crippen molar-refractivity contribution >= 4 is 5.91 Å². The molecule has 0 aliphatic heterocycles. The Morgan fingerprint density at radius 2 is 1.91 bits per heavy atom. The number of carbonyl (C=O) groups excluding carboxylic acids is 1. The van der Waals surface area contributed by atoms with Gasteiger partial charge in [0.15, 0.2) is 0 Å². The zero-order chi connectivity index (χ0) is 16.7. The van der Waals surface area contributed by atoms with Crippen LogP contribution in [0.25, 0.3) is 0 Å². The van der Waals surface area contributed by atoms with Gasteiger partial charge >= 0.3 is 0 Å². The zero-order valence-corrected chi connectivity index (χ0v) is 14.3. The van der Waals surface area contributed by atoms with Gasteiger partial charge in [0, 0.05) is 6.54 Å². The molecule has 0 heterocycles. The Morgan fingerprint density at radius 3 is 2.48 bits per heavy atom. The van der Waals surface area contributed by atoms with E-state index in [0.717, 1.165) is 43.4 Å². The molecule has 2 rings (SSSR count). The highest BCUT2D eigenvalue weighted by atomic mass is 16.5. The molecule has 0 bridgehead atoms. The highest BCUT2D eigenvalue weighted by molar-refractivity contribution is 5.88. The van der Waals surface area contributed by atoms with Crippen molar-refractivity contribution in [3.05, 3.63) is 29.8 Å². The van der Waals surface area contributed by atoms with E-state index < -0.39 is 5.41 Å². The topological polar surface area (TPSA) is 58.6 Å². The van der Waals surface area contributed by atoms with Gasteiger partial charge in [0.25, 0.3) is 0 Å². The maximum atomic E-state index is 12.9. The molecule has 1 aromatic rings. The number of nitrogens with one attached hydrogen (secondary N) is 1. The molecule has 1 amide bonds. The summed E-state index contributed by atoms with van der Waals surface area (Å²) in [6.45, 7) is 2.48. The van der Waals surface area contributed by atoms with Crippen molar-refractivity contribution in [3.63, 3.8) is 0 Å². The lowest BCUT2D eigenvalue weighted by atomic mass is 9.68. The number of hydrogen-bond acceptors (Lipinski definition) is 3. The van der Waals surface area contributed by atoms with Gasteiger partial charge in [-0.15, -0.1) is 0 Å². The maximum absolute atomic E-state index is 12.9. The van der Waals surface area contributed by atoms with Crippen LogP contribution in [0.15, 0.2) is 24.3 Å². The second-order valence-electron chi connectivity index (χ2n) is 6.48. The Morgan fingerprint density at radius 1 is 1.26 bits per heavy atom. The first-order valence-corrected chi connectivity index (χ1v) is 8.73. The third-order valence-electron chi connectivity index (χ3n) is 5.02. The van der Waals surface area contributed by atoms with E-state index in [-0.39, 0.29) is 12.0 Å². The van der Waals surface area contributed by atoms with Crippen molar-refractivity contribution in [1.82, 2.24) is 5.32 Å². The van der Waals surface area contributed by atoms with Gasteiger partial charge in [-0.05, 0) is 43.4 Å². The van der Waals surface area contributed by atoms with E-state index in [1.165, 1.54) is 6.42 Å². The van der Waals surface area contributed by atoms with Crippen LogP contribution in [0, 0.1) is 0 Å². The zero-order valence-electron chi connectivity index (χ0n) is 14.3. The van der Waals surface area contributed by atoms with Gasteiger partial charge in [-0.3, -0.25) is 4.79 Å². The molecule has 23 heavy (non-hydrogen) atoms. The molecule has 1 atom stereocenters. The second kappa shape index (κ2) is 8.34. The lowest BCUT2D eigenvalue weighted by Crippen LogP contribution is -2.46. The summed E-state index contributed by atoms with van der Waals surface area (Å²) >= 11 is 0. The minimum absolute atomic E-state index is 0.102. The van der Waals surface area contributed by atoms with Crippen LogP contribution >= 0.6 is 0 Å². The number of amides is 1. The van der Waals surface area contributed by atoms with E-state index in [2.05, 4.69) is 5.32 Å². The number of carbonyl (C=O) groups is 1. The van der Waals surface area contributed by atoms with Crippen LogP contribution in [-0.4, -0.2) is 30.8 Å². The van der Waals surface area contributed by atoms with Crippen molar-refractivity contribution in [1.29, 1.82) is 0 Å². The molecular weight excluding hydrogens is 290 g/mol. The van der Waals surface area contributed by atoms with Crippen molar-refractivity contribution < 1.29 is 14.6 Å². The molecule has 0 aromatic heterocycles. The van der Waals surface area contributed by atoms with Crippen LogP contribution in [-0.2, 0) is 10.2 Å². The predicted octanol–water partition coefficient (Wildman–Crippen LogP) is 3.17. The van der Waals surface area contributed by atoms with Gasteiger partial charge in [-0.1, -0.05) is 38.3 Å². The first kappa shape index (κ1) is 17.8. The van der Waals surface area contributed by atoms with Crippen LogP contribution in [0.4, 0.5) is 0 Å². The third-order valence-corrected chi connectivity index (χ3v) is 5.02. The number of aliphatic hydroxyl groups is 1. The highest BCUT2D eigenvalue weighted by Crippen LogP contribution is 2.40. The lowest BCUT2D eigenvalue weighted by molar-refractivity contribution is -0.128. The van der Waals surface area contributed by atoms with Crippen molar-refractivity contribution in [2.75, 3.05) is 13.7 Å². The third kappa shape index (κ3) is 4.25. The Bertz CT molecular complexity index is 492. The number of benzene rings is 1. The van der Waals surface area contributed by atoms with Crippen LogP contribution < -0.4 is 10.1 Å². The average Bonchev–Trinajstić information content (AvgIpc) is 2.62. The highest BCUT2D eigenvalue weighted by Gasteiger charge is 2.40. The number of aliphatic hydroxyl groups excluding tert-OH is 1. The maximum Gasteiger partial charge on any atom is 0.230 e.